The first-order valence-corrected chi connectivity index (χ1v) is 11.0. The zero-order chi connectivity index (χ0) is 22.9. The van der Waals surface area contributed by atoms with Crippen LogP contribution in [0.15, 0.2) is 46.9 Å². The summed E-state index contributed by atoms with van der Waals surface area (Å²) >= 11 is 9.66. The second-order valence-corrected chi connectivity index (χ2v) is 9.63. The topological polar surface area (TPSA) is 64.1 Å². The minimum absolute atomic E-state index is 0.312. The Balaban J connectivity index is 2.07. The summed E-state index contributed by atoms with van der Waals surface area (Å²) in [6, 6.07) is 9.88. The highest BCUT2D eigenvalue weighted by atomic mass is 79.9. The van der Waals surface area contributed by atoms with Gasteiger partial charge in [0.15, 0.2) is 0 Å². The third-order valence-corrected chi connectivity index (χ3v) is 5.93. The van der Waals surface area contributed by atoms with E-state index in [1.54, 1.807) is 50.0 Å². The first kappa shape index (κ1) is 23.3. The van der Waals surface area contributed by atoms with Gasteiger partial charge in [0.05, 0.1) is 10.7 Å². The van der Waals surface area contributed by atoms with Crippen molar-refractivity contribution in [3.05, 3.63) is 63.3 Å². The molecule has 2 amide bonds. The van der Waals surface area contributed by atoms with E-state index in [-0.39, 0.29) is 0 Å². The summed E-state index contributed by atoms with van der Waals surface area (Å²) in [5.74, 6) is -0.887. The molecule has 1 aliphatic heterocycles. The summed E-state index contributed by atoms with van der Waals surface area (Å²) in [6.07, 6.45) is -0.558. The average molecular weight is 513 g/mol. The monoisotopic (exact) mass is 511 g/mol. The van der Waals surface area contributed by atoms with Gasteiger partial charge in [-0.1, -0.05) is 39.7 Å². The van der Waals surface area contributed by atoms with Crippen LogP contribution in [0, 0.1) is 5.82 Å². The number of carbonyl (C=O) groups excluding carboxylic acids is 1. The lowest BCUT2D eigenvalue weighted by Gasteiger charge is -2.42. The molecular weight excluding hydrogens is 489 g/mol. The Morgan fingerprint density at radius 1 is 1.16 bits per heavy atom. The fourth-order valence-electron chi connectivity index (χ4n) is 3.75. The van der Waals surface area contributed by atoms with Crippen LogP contribution in [0.1, 0.15) is 38.8 Å². The van der Waals surface area contributed by atoms with Crippen molar-refractivity contribution in [1.29, 1.82) is 0 Å². The molecule has 1 aliphatic rings. The molecule has 2 aromatic carbocycles. The number of benzene rings is 2. The molecule has 6 nitrogen and oxygen atoms in total. The number of hydrogen-bond donors (Lipinski definition) is 1. The first-order valence-electron chi connectivity index (χ1n) is 9.82. The Kier molecular flexibility index (Phi) is 6.81. The number of rotatable bonds is 4. The molecule has 1 heterocycles. The minimum atomic E-state index is -1.21. The van der Waals surface area contributed by atoms with Gasteiger partial charge in [-0.15, -0.1) is 0 Å². The normalized spacial score (nSPS) is 15.2. The van der Waals surface area contributed by atoms with Crippen LogP contribution in [-0.2, 0) is 4.79 Å². The summed E-state index contributed by atoms with van der Waals surface area (Å²) in [4.78, 5) is 27.2. The van der Waals surface area contributed by atoms with E-state index in [1.807, 2.05) is 0 Å². The van der Waals surface area contributed by atoms with Crippen molar-refractivity contribution in [3.8, 4) is 0 Å². The van der Waals surface area contributed by atoms with Crippen LogP contribution >= 0.6 is 27.5 Å². The van der Waals surface area contributed by atoms with Gasteiger partial charge >= 0.3 is 6.09 Å². The van der Waals surface area contributed by atoms with Gasteiger partial charge in [-0.05, 0) is 57.0 Å². The summed E-state index contributed by atoms with van der Waals surface area (Å²) in [7, 11) is 0. The van der Waals surface area contributed by atoms with Crippen molar-refractivity contribution in [3.63, 3.8) is 0 Å². The van der Waals surface area contributed by atoms with E-state index in [1.165, 1.54) is 23.2 Å². The Morgan fingerprint density at radius 2 is 1.81 bits per heavy atom. The molecule has 0 aliphatic carbocycles. The second kappa shape index (κ2) is 9.04. The molecule has 31 heavy (non-hydrogen) atoms. The van der Waals surface area contributed by atoms with Crippen LogP contribution in [0.4, 0.5) is 14.9 Å². The van der Waals surface area contributed by atoms with Crippen molar-refractivity contribution in [2.24, 2.45) is 0 Å². The average Bonchev–Trinajstić information content (AvgIpc) is 3.16. The second-order valence-electron chi connectivity index (χ2n) is 8.31. The number of hydrogen-bond acceptors (Lipinski definition) is 3. The lowest BCUT2D eigenvalue weighted by Crippen LogP contribution is -2.54. The smallest absolute Gasteiger partial charge is 0.408 e. The molecule has 1 fully saturated rings. The standard InChI is InChI=1S/C22H24BrClFN3O3/c1-22(2,3)28(21(30)31)19(14-5-7-15(23)8-6-14)20(29)27-12-4-11-26(27)18-13-16(25)9-10-17(18)24/h5-10,13,19H,4,11-12H2,1-3H3,(H,30,31)/t19-/m0/s1. The molecule has 0 unspecified atom stereocenters. The van der Waals surface area contributed by atoms with E-state index in [9.17, 15) is 19.1 Å². The van der Waals surface area contributed by atoms with Crippen LogP contribution in [0.25, 0.3) is 0 Å². The predicted octanol–water partition coefficient (Wildman–Crippen LogP) is 5.72. The van der Waals surface area contributed by atoms with E-state index in [2.05, 4.69) is 15.9 Å². The highest BCUT2D eigenvalue weighted by molar-refractivity contribution is 9.10. The van der Waals surface area contributed by atoms with Crippen LogP contribution in [0.3, 0.4) is 0 Å². The molecular formula is C22H24BrClFN3O3. The number of carboxylic acid groups (broad SMARTS) is 1. The number of nitrogens with zero attached hydrogens (tertiary/aromatic N) is 3. The van der Waals surface area contributed by atoms with Gasteiger partial charge in [-0.3, -0.25) is 19.7 Å². The highest BCUT2D eigenvalue weighted by Crippen LogP contribution is 2.35. The molecule has 1 N–H and O–H groups in total. The fraction of sp³-hybridized carbons (Fsp3) is 0.364. The molecule has 0 radical (unpaired) electrons. The molecule has 9 heteroatoms. The molecule has 3 rings (SSSR count). The van der Waals surface area contributed by atoms with Crippen LogP contribution in [0.2, 0.25) is 5.02 Å². The molecule has 0 bridgehead atoms. The lowest BCUT2D eigenvalue weighted by molar-refractivity contribution is -0.138. The van der Waals surface area contributed by atoms with Gasteiger partial charge < -0.3 is 5.11 Å². The first-order chi connectivity index (χ1) is 14.5. The van der Waals surface area contributed by atoms with E-state index in [4.69, 9.17) is 11.6 Å². The predicted molar refractivity (Wildman–Crippen MR) is 122 cm³/mol. The largest absolute Gasteiger partial charge is 0.465 e. The maximum absolute atomic E-state index is 13.9. The van der Waals surface area contributed by atoms with Gasteiger partial charge in [0.1, 0.15) is 11.9 Å². The number of amides is 2. The number of halogens is 3. The third kappa shape index (κ3) is 4.96. The third-order valence-electron chi connectivity index (χ3n) is 5.08. The van der Waals surface area contributed by atoms with Gasteiger partial charge in [0, 0.05) is 29.2 Å². The quantitative estimate of drug-likeness (QED) is 0.569. The Hall–Kier alpha value is -2.32. The van der Waals surface area contributed by atoms with Crippen molar-refractivity contribution in [2.75, 3.05) is 18.1 Å². The number of hydrazine groups is 1. The van der Waals surface area contributed by atoms with Gasteiger partial charge in [-0.2, -0.15) is 0 Å². The van der Waals surface area contributed by atoms with Crippen molar-refractivity contribution < 1.29 is 19.1 Å². The molecule has 166 valence electrons. The van der Waals surface area contributed by atoms with Crippen molar-refractivity contribution in [2.45, 2.75) is 38.8 Å². The fourth-order valence-corrected chi connectivity index (χ4v) is 4.23. The zero-order valence-electron chi connectivity index (χ0n) is 17.5. The summed E-state index contributed by atoms with van der Waals surface area (Å²) in [5, 5.41) is 13.4. The van der Waals surface area contributed by atoms with Gasteiger partial charge in [0.25, 0.3) is 5.91 Å². The maximum Gasteiger partial charge on any atom is 0.408 e. The van der Waals surface area contributed by atoms with E-state index in [0.29, 0.717) is 35.8 Å². The summed E-state index contributed by atoms with van der Waals surface area (Å²) in [6.45, 7) is 6.06. The number of carbonyl (C=O) groups is 2. The van der Waals surface area contributed by atoms with E-state index >= 15 is 0 Å². The molecule has 1 atom stereocenters. The van der Waals surface area contributed by atoms with Crippen LogP contribution in [0.5, 0.6) is 0 Å². The Labute approximate surface area is 194 Å². The minimum Gasteiger partial charge on any atom is -0.465 e. The highest BCUT2D eigenvalue weighted by Gasteiger charge is 2.43. The molecule has 2 aromatic rings. The van der Waals surface area contributed by atoms with Crippen molar-refractivity contribution >= 4 is 45.2 Å². The molecule has 0 aromatic heterocycles. The Morgan fingerprint density at radius 3 is 2.39 bits per heavy atom. The maximum atomic E-state index is 13.9. The van der Waals surface area contributed by atoms with Gasteiger partial charge in [0.2, 0.25) is 0 Å². The molecule has 0 saturated carbocycles. The zero-order valence-corrected chi connectivity index (χ0v) is 19.8. The van der Waals surface area contributed by atoms with E-state index in [0.717, 1.165) is 9.37 Å². The van der Waals surface area contributed by atoms with Gasteiger partial charge in [-0.25, -0.2) is 9.18 Å². The molecule has 0 spiro atoms. The summed E-state index contributed by atoms with van der Waals surface area (Å²) in [5.41, 5.74) is 0.0720. The number of anilines is 1. The lowest BCUT2D eigenvalue weighted by atomic mass is 9.97. The Bertz CT molecular complexity index is 981. The summed E-state index contributed by atoms with van der Waals surface area (Å²) < 4.78 is 14.7. The molecule has 1 saturated heterocycles. The van der Waals surface area contributed by atoms with Crippen LogP contribution < -0.4 is 5.01 Å². The van der Waals surface area contributed by atoms with Crippen molar-refractivity contribution in [1.82, 2.24) is 9.91 Å². The SMILES string of the molecule is CC(C)(C)N(C(=O)O)[C@H](C(=O)N1CCCN1c1cc(F)ccc1Cl)c1ccc(Br)cc1. The van der Waals surface area contributed by atoms with Crippen LogP contribution in [-0.4, -0.2) is 45.6 Å². The van der Waals surface area contributed by atoms with E-state index < -0.39 is 29.4 Å².